The normalized spacial score (nSPS) is 12.3. The maximum atomic E-state index is 9.48. The van der Waals surface area contributed by atoms with E-state index in [0.717, 1.165) is 61.1 Å². The molecule has 236 valence electrons. The second-order valence-electron chi connectivity index (χ2n) is 12.3. The van der Waals surface area contributed by atoms with Crippen LogP contribution in [0.3, 0.4) is 0 Å². The van der Waals surface area contributed by atoms with E-state index >= 15 is 0 Å². The summed E-state index contributed by atoms with van der Waals surface area (Å²) in [5.41, 5.74) is 10.3. The predicted octanol–water partition coefficient (Wildman–Crippen LogP) is 13.3. The van der Waals surface area contributed by atoms with Crippen LogP contribution in [0.15, 0.2) is 206 Å². The molecule has 2 heteroatoms. The van der Waals surface area contributed by atoms with Crippen molar-refractivity contribution in [1.29, 1.82) is 0 Å². The van der Waals surface area contributed by atoms with Gasteiger partial charge in [0.05, 0.1) is 22.2 Å². The van der Waals surface area contributed by atoms with Gasteiger partial charge in [0, 0.05) is 33.4 Å². The second-order valence-corrected chi connectivity index (χ2v) is 12.3. The Balaban J connectivity index is 1.27. The number of hydrogen-bond donors (Lipinski definition) is 0. The molecule has 0 saturated heterocycles. The summed E-state index contributed by atoms with van der Waals surface area (Å²) in [6.45, 7) is 0. The van der Waals surface area contributed by atoms with Crippen molar-refractivity contribution in [2.75, 3.05) is 4.90 Å². The lowest BCUT2D eigenvalue weighted by Gasteiger charge is -2.28. The summed E-state index contributed by atoms with van der Waals surface area (Å²) >= 11 is 0. The molecule has 0 bridgehead atoms. The van der Waals surface area contributed by atoms with Crippen LogP contribution < -0.4 is 4.90 Å². The average Bonchev–Trinajstić information content (AvgIpc) is 3.58. The minimum absolute atomic E-state index is 0.0998. The smallest absolute Gasteiger partial charge is 0.0645 e. The molecular weight excluding hydrogens is 605 g/mol. The number of benzene rings is 8. The number of para-hydroxylation sites is 3. The molecule has 0 aliphatic carbocycles. The Bertz CT molecular complexity index is 2660. The summed E-state index contributed by atoms with van der Waals surface area (Å²) < 4.78 is 38.9. The van der Waals surface area contributed by atoms with E-state index in [0.29, 0.717) is 16.8 Å². The van der Waals surface area contributed by atoms with Gasteiger partial charge in [0.25, 0.3) is 0 Å². The monoisotopic (exact) mass is 642 g/mol. The molecule has 9 rings (SSSR count). The Kier molecular flexibility index (Phi) is 6.48. The van der Waals surface area contributed by atoms with Crippen LogP contribution >= 0.6 is 0 Å². The van der Waals surface area contributed by atoms with Crippen molar-refractivity contribution in [1.82, 2.24) is 4.57 Å². The van der Waals surface area contributed by atoms with Crippen LogP contribution in [0.1, 0.15) is 5.48 Å². The summed E-state index contributed by atoms with van der Waals surface area (Å²) in [5, 5.41) is 2.29. The van der Waals surface area contributed by atoms with Gasteiger partial charge < -0.3 is 9.47 Å². The first kappa shape index (κ1) is 25.4. The highest BCUT2D eigenvalue weighted by Crippen LogP contribution is 2.42. The molecule has 0 unspecified atom stereocenters. The highest BCUT2D eigenvalue weighted by atomic mass is 15.1. The third-order valence-corrected chi connectivity index (χ3v) is 9.33. The van der Waals surface area contributed by atoms with Crippen LogP contribution in [0, 0.1) is 0 Å². The molecule has 0 atom stereocenters. The highest BCUT2D eigenvalue weighted by molar-refractivity contribution is 6.09. The minimum Gasteiger partial charge on any atom is -0.310 e. The van der Waals surface area contributed by atoms with Crippen molar-refractivity contribution in [2.24, 2.45) is 0 Å². The summed E-state index contributed by atoms with van der Waals surface area (Å²) in [4.78, 5) is 1.96. The number of rotatable bonds is 7. The molecule has 1 aromatic heterocycles. The third kappa shape index (κ3) is 5.34. The van der Waals surface area contributed by atoms with Gasteiger partial charge in [-0.05, 0) is 82.4 Å². The van der Waals surface area contributed by atoms with Gasteiger partial charge in [-0.3, -0.25) is 0 Å². The van der Waals surface area contributed by atoms with Crippen LogP contribution in [-0.2, 0) is 0 Å². The van der Waals surface area contributed by atoms with E-state index in [1.165, 1.54) is 0 Å². The van der Waals surface area contributed by atoms with Gasteiger partial charge in [-0.15, -0.1) is 0 Å². The van der Waals surface area contributed by atoms with Crippen molar-refractivity contribution in [3.05, 3.63) is 206 Å². The Morgan fingerprint density at radius 1 is 0.400 bits per heavy atom. The fourth-order valence-corrected chi connectivity index (χ4v) is 6.96. The maximum Gasteiger partial charge on any atom is 0.0645 e. The largest absolute Gasteiger partial charge is 0.310 e. The Morgan fingerprint density at radius 3 is 1.42 bits per heavy atom. The summed E-state index contributed by atoms with van der Waals surface area (Å²) in [6.07, 6.45) is 0. The molecule has 0 amide bonds. The quantitative estimate of drug-likeness (QED) is 0.168. The minimum atomic E-state index is -0.288. The number of hydrogen-bond acceptors (Lipinski definition) is 1. The average molecular weight is 643 g/mol. The third-order valence-electron chi connectivity index (χ3n) is 9.33. The van der Waals surface area contributed by atoms with Crippen LogP contribution in [0.25, 0.3) is 60.9 Å². The van der Waals surface area contributed by atoms with Crippen LogP contribution in [0.4, 0.5) is 17.1 Å². The lowest BCUT2D eigenvalue weighted by atomic mass is 10.00. The van der Waals surface area contributed by atoms with Gasteiger partial charge in [0.1, 0.15) is 0 Å². The zero-order valence-electron chi connectivity index (χ0n) is 31.2. The predicted molar refractivity (Wildman–Crippen MR) is 212 cm³/mol. The summed E-state index contributed by atoms with van der Waals surface area (Å²) in [6, 6.07) is 60.6. The summed E-state index contributed by atoms with van der Waals surface area (Å²) in [5.74, 6) is 0. The van der Waals surface area contributed by atoms with Gasteiger partial charge in [-0.1, -0.05) is 152 Å². The van der Waals surface area contributed by atoms with E-state index in [-0.39, 0.29) is 24.2 Å². The Labute approximate surface area is 298 Å². The van der Waals surface area contributed by atoms with Crippen molar-refractivity contribution < 1.29 is 5.48 Å². The molecule has 0 aliphatic heterocycles. The molecular formula is C48H34N2. The zero-order chi connectivity index (χ0) is 36.8. The van der Waals surface area contributed by atoms with E-state index in [1.807, 2.05) is 95.9 Å². The molecule has 0 aliphatic rings. The lowest BCUT2D eigenvalue weighted by molar-refractivity contribution is 1.18. The number of aromatic nitrogens is 1. The van der Waals surface area contributed by atoms with Crippen LogP contribution in [0.2, 0.25) is 0 Å². The molecule has 1 heterocycles. The van der Waals surface area contributed by atoms with Gasteiger partial charge in [-0.25, -0.2) is 0 Å². The molecule has 0 radical (unpaired) electrons. The topological polar surface area (TPSA) is 8.17 Å². The number of fused-ring (bicyclic) bond motifs is 3. The first-order valence-corrected chi connectivity index (χ1v) is 16.8. The van der Waals surface area contributed by atoms with E-state index < -0.39 is 0 Å². The molecule has 8 aromatic carbocycles. The first-order valence-electron chi connectivity index (χ1n) is 18.8. The van der Waals surface area contributed by atoms with Crippen molar-refractivity contribution in [2.45, 2.75) is 0 Å². The zero-order valence-corrected chi connectivity index (χ0v) is 27.2. The van der Waals surface area contributed by atoms with Gasteiger partial charge in [-0.2, -0.15) is 0 Å². The fraction of sp³-hybridized carbons (Fsp3) is 0. The van der Waals surface area contributed by atoms with Crippen molar-refractivity contribution >= 4 is 38.9 Å². The molecule has 0 saturated carbocycles. The van der Waals surface area contributed by atoms with E-state index in [1.54, 1.807) is 0 Å². The Morgan fingerprint density at radius 2 is 0.860 bits per heavy atom. The standard InChI is InChI=1S/C48H34N2/c1-3-14-35(15-4-1)37-26-30-40(31-27-37)49(41-32-28-38(29-33-41)36-16-5-2-6-17-36)46-23-10-7-20-43(46)39-18-13-19-42(34-39)50-47-24-11-8-21-44(47)45-22-9-12-25-48(45)50/h1-34H/i7D,10D,20D,23D. The molecule has 50 heavy (non-hydrogen) atoms. The van der Waals surface area contributed by atoms with Crippen LogP contribution in [0.5, 0.6) is 0 Å². The lowest BCUT2D eigenvalue weighted by Crippen LogP contribution is -2.11. The maximum absolute atomic E-state index is 9.48. The van der Waals surface area contributed by atoms with Gasteiger partial charge in [0.15, 0.2) is 0 Å². The highest BCUT2D eigenvalue weighted by Gasteiger charge is 2.19. The fourth-order valence-electron chi connectivity index (χ4n) is 6.96. The van der Waals surface area contributed by atoms with E-state index in [9.17, 15) is 2.74 Å². The SMILES string of the molecule is [2H]c1c([2H])c([2H])c(N(c2ccc(-c3ccccc3)cc2)c2ccc(-c3ccccc3)cc2)c(-c2cccc(-n3c4ccccc4c4ccccc43)c2)c1[2H]. The second kappa shape index (κ2) is 12.8. The molecule has 0 spiro atoms. The van der Waals surface area contributed by atoms with Crippen molar-refractivity contribution in [3.63, 3.8) is 0 Å². The molecule has 9 aromatic rings. The Hall–Kier alpha value is -6.64. The van der Waals surface area contributed by atoms with E-state index in [4.69, 9.17) is 2.74 Å². The number of anilines is 3. The summed E-state index contributed by atoms with van der Waals surface area (Å²) in [7, 11) is 0. The van der Waals surface area contributed by atoms with Gasteiger partial charge >= 0.3 is 0 Å². The first-order chi connectivity index (χ1) is 26.5. The van der Waals surface area contributed by atoms with Gasteiger partial charge in [0.2, 0.25) is 0 Å². The molecule has 0 fully saturated rings. The van der Waals surface area contributed by atoms with Crippen molar-refractivity contribution in [3.8, 4) is 39.1 Å². The van der Waals surface area contributed by atoms with Crippen LogP contribution in [-0.4, -0.2) is 4.57 Å². The number of nitrogens with zero attached hydrogens (tertiary/aromatic N) is 2. The molecule has 2 nitrogen and oxygen atoms in total. The molecule has 0 N–H and O–H groups in total. The van der Waals surface area contributed by atoms with E-state index in [2.05, 4.69) is 95.6 Å².